The topological polar surface area (TPSA) is 73.8 Å². The molecule has 0 spiro atoms. The predicted octanol–water partition coefficient (Wildman–Crippen LogP) is 3.05. The van der Waals surface area contributed by atoms with Gasteiger partial charge in [-0.2, -0.15) is 4.68 Å². The smallest absolute Gasteiger partial charge is 0.390 e. The summed E-state index contributed by atoms with van der Waals surface area (Å²) in [6.45, 7) is 0.563. The molecule has 0 amide bonds. The number of rotatable bonds is 5. The molecule has 0 saturated heterocycles. The molecule has 0 atom stereocenters. The molecule has 0 saturated carbocycles. The third-order valence-electron chi connectivity index (χ3n) is 2.39. The molecule has 0 radical (unpaired) electrons. The Morgan fingerprint density at radius 2 is 2.11 bits per heavy atom. The lowest BCUT2D eigenvalue weighted by atomic mass is 10.2. The Morgan fingerprint density at radius 1 is 1.37 bits per heavy atom. The van der Waals surface area contributed by atoms with Crippen LogP contribution in [0, 0.1) is 10.1 Å². The second-order valence-corrected chi connectivity index (χ2v) is 4.72. The van der Waals surface area contributed by atoms with Crippen LogP contribution in [0.5, 0.6) is 0 Å². The number of hydrogen-bond acceptors (Lipinski definition) is 4. The SMILES string of the molecule is O=[N+]([O-])c1ncn(CC/C=C\c2ccc(Br)cc2)n1. The molecule has 0 N–H and O–H groups in total. The van der Waals surface area contributed by atoms with Gasteiger partial charge in [0.15, 0.2) is 0 Å². The first-order valence-corrected chi connectivity index (χ1v) is 6.40. The molecule has 1 aromatic carbocycles. The molecule has 0 aliphatic carbocycles. The highest BCUT2D eigenvalue weighted by Gasteiger charge is 2.11. The van der Waals surface area contributed by atoms with Crippen molar-refractivity contribution in [1.29, 1.82) is 0 Å². The summed E-state index contributed by atoms with van der Waals surface area (Å²) in [4.78, 5) is 13.4. The van der Waals surface area contributed by atoms with Crippen molar-refractivity contribution in [3.05, 3.63) is 56.8 Å². The van der Waals surface area contributed by atoms with Crippen LogP contribution in [0.3, 0.4) is 0 Å². The van der Waals surface area contributed by atoms with Crippen LogP contribution in [0.25, 0.3) is 6.08 Å². The summed E-state index contributed by atoms with van der Waals surface area (Å²) in [5.74, 6) is -0.364. The first kappa shape index (κ1) is 13.4. The molecule has 1 heterocycles. The minimum atomic E-state index is -0.603. The first-order chi connectivity index (χ1) is 9.15. The average molecular weight is 323 g/mol. The third kappa shape index (κ3) is 3.99. The summed E-state index contributed by atoms with van der Waals surface area (Å²) in [6.07, 6.45) is 6.09. The molecular weight excluding hydrogens is 312 g/mol. The van der Waals surface area contributed by atoms with Crippen molar-refractivity contribution in [2.24, 2.45) is 0 Å². The van der Waals surface area contributed by atoms with Crippen LogP contribution in [0.1, 0.15) is 12.0 Å². The van der Waals surface area contributed by atoms with E-state index in [2.05, 4.69) is 26.0 Å². The van der Waals surface area contributed by atoms with Crippen LogP contribution >= 0.6 is 15.9 Å². The lowest BCUT2D eigenvalue weighted by Gasteiger charge is -1.94. The van der Waals surface area contributed by atoms with E-state index < -0.39 is 4.92 Å². The molecule has 1 aromatic heterocycles. The summed E-state index contributed by atoms with van der Waals surface area (Å²) >= 11 is 3.37. The molecule has 6 nitrogen and oxygen atoms in total. The van der Waals surface area contributed by atoms with Crippen LogP contribution < -0.4 is 0 Å². The standard InChI is InChI=1S/C12H11BrN4O2/c13-11-6-4-10(5-7-11)3-1-2-8-16-9-14-12(15-16)17(18)19/h1,3-7,9H,2,8H2/b3-1-. The van der Waals surface area contributed by atoms with Crippen LogP contribution in [-0.4, -0.2) is 19.7 Å². The number of aryl methyl sites for hydroxylation is 1. The number of benzene rings is 1. The molecule has 2 rings (SSSR count). The van der Waals surface area contributed by atoms with Crippen molar-refractivity contribution in [3.63, 3.8) is 0 Å². The summed E-state index contributed by atoms with van der Waals surface area (Å²) in [7, 11) is 0. The van der Waals surface area contributed by atoms with Gasteiger partial charge in [-0.1, -0.05) is 45.2 Å². The van der Waals surface area contributed by atoms with Gasteiger partial charge in [0.2, 0.25) is 6.33 Å². The largest absolute Gasteiger partial charge is 0.490 e. The maximum Gasteiger partial charge on any atom is 0.490 e. The summed E-state index contributed by atoms with van der Waals surface area (Å²) in [6, 6.07) is 7.95. The van der Waals surface area contributed by atoms with Crippen molar-refractivity contribution >= 4 is 28.0 Å². The predicted molar refractivity (Wildman–Crippen MR) is 74.5 cm³/mol. The van der Waals surface area contributed by atoms with Crippen molar-refractivity contribution in [2.45, 2.75) is 13.0 Å². The van der Waals surface area contributed by atoms with Crippen molar-refractivity contribution in [1.82, 2.24) is 14.8 Å². The van der Waals surface area contributed by atoms with Gasteiger partial charge in [-0.15, -0.1) is 0 Å². The van der Waals surface area contributed by atoms with Crippen LogP contribution in [-0.2, 0) is 6.54 Å². The molecule has 0 aliphatic rings. The van der Waals surface area contributed by atoms with E-state index in [4.69, 9.17) is 0 Å². The Balaban J connectivity index is 1.85. The molecular formula is C12H11BrN4O2. The zero-order valence-corrected chi connectivity index (χ0v) is 11.5. The van der Waals surface area contributed by atoms with Crippen LogP contribution in [0.2, 0.25) is 0 Å². The van der Waals surface area contributed by atoms with Gasteiger partial charge < -0.3 is 10.1 Å². The average Bonchev–Trinajstić information content (AvgIpc) is 2.86. The minimum absolute atomic E-state index is 0.364. The van der Waals surface area contributed by atoms with E-state index in [1.807, 2.05) is 36.4 Å². The van der Waals surface area contributed by atoms with E-state index >= 15 is 0 Å². The van der Waals surface area contributed by atoms with E-state index in [0.29, 0.717) is 6.54 Å². The normalized spacial score (nSPS) is 11.0. The van der Waals surface area contributed by atoms with Crippen molar-refractivity contribution in [3.8, 4) is 0 Å². The van der Waals surface area contributed by atoms with E-state index in [1.165, 1.54) is 11.0 Å². The second-order valence-electron chi connectivity index (χ2n) is 3.81. The van der Waals surface area contributed by atoms with E-state index in [-0.39, 0.29) is 5.95 Å². The minimum Gasteiger partial charge on any atom is -0.390 e. The third-order valence-corrected chi connectivity index (χ3v) is 2.92. The second kappa shape index (κ2) is 6.24. The maximum atomic E-state index is 10.4. The molecule has 0 aliphatic heterocycles. The Bertz CT molecular complexity index is 592. The number of halogens is 1. The molecule has 98 valence electrons. The lowest BCUT2D eigenvalue weighted by molar-refractivity contribution is -0.394. The Hall–Kier alpha value is -2.02. The van der Waals surface area contributed by atoms with Gasteiger partial charge in [-0.25, -0.2) is 0 Å². The van der Waals surface area contributed by atoms with E-state index in [9.17, 15) is 10.1 Å². The van der Waals surface area contributed by atoms with Crippen LogP contribution in [0.15, 0.2) is 41.1 Å². The number of nitrogens with zero attached hydrogens (tertiary/aromatic N) is 4. The zero-order chi connectivity index (χ0) is 13.7. The van der Waals surface area contributed by atoms with Crippen molar-refractivity contribution in [2.75, 3.05) is 0 Å². The summed E-state index contributed by atoms with van der Waals surface area (Å²) < 4.78 is 2.50. The first-order valence-electron chi connectivity index (χ1n) is 5.61. The Morgan fingerprint density at radius 3 is 2.74 bits per heavy atom. The van der Waals surface area contributed by atoms with E-state index in [1.54, 1.807) is 0 Å². The number of allylic oxidation sites excluding steroid dienone is 1. The monoisotopic (exact) mass is 322 g/mol. The number of nitro groups is 1. The van der Waals surface area contributed by atoms with E-state index in [0.717, 1.165) is 16.5 Å². The fourth-order valence-electron chi connectivity index (χ4n) is 1.48. The van der Waals surface area contributed by atoms with Crippen molar-refractivity contribution < 1.29 is 4.92 Å². The fraction of sp³-hybridized carbons (Fsp3) is 0.167. The molecule has 7 heteroatoms. The quantitative estimate of drug-likeness (QED) is 0.626. The van der Waals surface area contributed by atoms with Gasteiger partial charge in [-0.3, -0.25) is 0 Å². The molecule has 0 fully saturated rings. The van der Waals surface area contributed by atoms with Gasteiger partial charge in [0, 0.05) is 9.57 Å². The Kier molecular flexibility index (Phi) is 4.40. The lowest BCUT2D eigenvalue weighted by Crippen LogP contribution is -1.98. The Labute approximate surface area is 118 Å². The summed E-state index contributed by atoms with van der Waals surface area (Å²) in [5, 5.41) is 14.1. The highest BCUT2D eigenvalue weighted by Crippen LogP contribution is 2.11. The zero-order valence-electron chi connectivity index (χ0n) is 9.94. The van der Waals surface area contributed by atoms with Crippen LogP contribution in [0.4, 0.5) is 5.95 Å². The maximum absolute atomic E-state index is 10.4. The molecule has 2 aromatic rings. The summed E-state index contributed by atoms with van der Waals surface area (Å²) in [5.41, 5.74) is 1.10. The van der Waals surface area contributed by atoms with Gasteiger partial charge in [0.05, 0.1) is 6.54 Å². The highest BCUT2D eigenvalue weighted by molar-refractivity contribution is 9.10. The molecule has 0 unspecified atom stereocenters. The molecule has 0 bridgehead atoms. The van der Waals surface area contributed by atoms with Gasteiger partial charge >= 0.3 is 5.95 Å². The van der Waals surface area contributed by atoms with Gasteiger partial charge in [-0.05, 0) is 29.0 Å². The molecule has 19 heavy (non-hydrogen) atoms. The fourth-order valence-corrected chi connectivity index (χ4v) is 1.74. The number of aromatic nitrogens is 3. The van der Waals surface area contributed by atoms with Gasteiger partial charge in [0.25, 0.3) is 0 Å². The van der Waals surface area contributed by atoms with Gasteiger partial charge in [0.1, 0.15) is 0 Å². The highest BCUT2D eigenvalue weighted by atomic mass is 79.9. The number of hydrogen-bond donors (Lipinski definition) is 0.